The fourth-order valence-electron chi connectivity index (χ4n) is 3.63. The number of hydrogen-bond acceptors (Lipinski definition) is 7. The number of nitrogens with one attached hydrogen (secondary N) is 2. The second kappa shape index (κ2) is 12.7. The molecule has 0 saturated carbocycles. The molecule has 0 bridgehead atoms. The number of anilines is 1. The molecule has 1 aliphatic rings. The number of nitrogens with zero attached hydrogens (tertiary/aromatic N) is 5. The predicted molar refractivity (Wildman–Crippen MR) is 128 cm³/mol. The molecule has 1 aromatic carbocycles. The molecule has 0 radical (unpaired) electrons. The molecule has 0 amide bonds. The molecule has 1 saturated heterocycles. The number of methoxy groups -OCH3 is 2. The number of aromatic nitrogens is 2. The Bertz CT molecular complexity index is 839. The average Bonchev–Trinajstić information content (AvgIpc) is 2.85. The molecule has 2 aromatic rings. The number of ether oxygens (including phenoxy) is 2. The van der Waals surface area contributed by atoms with Crippen LogP contribution in [0.3, 0.4) is 0 Å². The minimum absolute atomic E-state index is 0.747. The van der Waals surface area contributed by atoms with Crippen LogP contribution in [0.1, 0.15) is 12.5 Å². The van der Waals surface area contributed by atoms with Gasteiger partial charge >= 0.3 is 0 Å². The van der Waals surface area contributed by atoms with E-state index in [9.17, 15) is 0 Å². The van der Waals surface area contributed by atoms with E-state index in [1.807, 2.05) is 18.2 Å². The third-order valence-electron chi connectivity index (χ3n) is 5.39. The van der Waals surface area contributed by atoms with E-state index in [4.69, 9.17) is 14.5 Å². The molecule has 9 heteroatoms. The molecule has 1 aromatic heterocycles. The van der Waals surface area contributed by atoms with Gasteiger partial charge in [-0.05, 0) is 37.1 Å². The van der Waals surface area contributed by atoms with E-state index in [-0.39, 0.29) is 0 Å². The average molecular weight is 442 g/mol. The smallest absolute Gasteiger partial charge is 0.225 e. The first-order valence-corrected chi connectivity index (χ1v) is 11.2. The highest BCUT2D eigenvalue weighted by Gasteiger charge is 2.18. The summed E-state index contributed by atoms with van der Waals surface area (Å²) in [4.78, 5) is 18.1. The quantitative estimate of drug-likeness (QED) is 0.423. The highest BCUT2D eigenvalue weighted by atomic mass is 16.5. The van der Waals surface area contributed by atoms with Crippen LogP contribution in [0.25, 0.3) is 0 Å². The Morgan fingerprint density at radius 3 is 2.47 bits per heavy atom. The van der Waals surface area contributed by atoms with Crippen LogP contribution in [0.2, 0.25) is 0 Å². The number of guanidine groups is 1. The van der Waals surface area contributed by atoms with Crippen LogP contribution in [0.5, 0.6) is 11.5 Å². The lowest BCUT2D eigenvalue weighted by molar-refractivity contribution is 0.263. The minimum Gasteiger partial charge on any atom is -0.493 e. The minimum atomic E-state index is 0.747. The van der Waals surface area contributed by atoms with Crippen molar-refractivity contribution >= 4 is 11.9 Å². The van der Waals surface area contributed by atoms with Gasteiger partial charge in [0.15, 0.2) is 17.5 Å². The summed E-state index contributed by atoms with van der Waals surface area (Å²) in [6.07, 6.45) is 4.46. The van der Waals surface area contributed by atoms with Crippen LogP contribution in [-0.2, 0) is 6.42 Å². The molecule has 32 heavy (non-hydrogen) atoms. The third kappa shape index (κ3) is 6.98. The Balaban J connectivity index is 1.41. The topological polar surface area (TPSA) is 87.1 Å². The molecule has 2 heterocycles. The van der Waals surface area contributed by atoms with E-state index in [0.29, 0.717) is 0 Å². The maximum atomic E-state index is 5.39. The predicted octanol–water partition coefficient (Wildman–Crippen LogP) is 1.41. The summed E-state index contributed by atoms with van der Waals surface area (Å²) in [6, 6.07) is 7.87. The first-order chi connectivity index (χ1) is 15.7. The molecule has 1 aliphatic heterocycles. The molecule has 9 nitrogen and oxygen atoms in total. The molecule has 0 atom stereocenters. The lowest BCUT2D eigenvalue weighted by atomic mass is 10.1. The normalized spacial score (nSPS) is 14.8. The molecular weight excluding hydrogens is 406 g/mol. The summed E-state index contributed by atoms with van der Waals surface area (Å²) in [6.45, 7) is 9.28. The summed E-state index contributed by atoms with van der Waals surface area (Å²) in [7, 11) is 3.31. The van der Waals surface area contributed by atoms with Crippen LogP contribution in [0.4, 0.5) is 5.95 Å². The van der Waals surface area contributed by atoms with Crippen molar-refractivity contribution in [3.05, 3.63) is 42.2 Å². The number of hydrogen-bond donors (Lipinski definition) is 2. The Kier molecular flexibility index (Phi) is 9.37. The summed E-state index contributed by atoms with van der Waals surface area (Å²) < 4.78 is 10.7. The summed E-state index contributed by atoms with van der Waals surface area (Å²) in [5, 5.41) is 6.75. The van der Waals surface area contributed by atoms with Gasteiger partial charge in [-0.25, -0.2) is 9.97 Å². The molecule has 1 fully saturated rings. The highest BCUT2D eigenvalue weighted by Crippen LogP contribution is 2.27. The SMILES string of the molecule is CCNC(=NCCN1CCN(c2ncccn2)CC1)NCCc1ccc(OC)c(OC)c1. The zero-order valence-electron chi connectivity index (χ0n) is 19.4. The van der Waals surface area contributed by atoms with Gasteiger partial charge in [-0.15, -0.1) is 0 Å². The van der Waals surface area contributed by atoms with E-state index in [0.717, 1.165) is 82.2 Å². The van der Waals surface area contributed by atoms with Crippen molar-refractivity contribution in [2.24, 2.45) is 4.99 Å². The fourth-order valence-corrected chi connectivity index (χ4v) is 3.63. The van der Waals surface area contributed by atoms with E-state index in [1.54, 1.807) is 26.6 Å². The molecule has 0 aliphatic carbocycles. The van der Waals surface area contributed by atoms with Gasteiger partial charge in [-0.3, -0.25) is 9.89 Å². The zero-order valence-corrected chi connectivity index (χ0v) is 19.4. The van der Waals surface area contributed by atoms with Crippen molar-refractivity contribution in [2.75, 3.05) is 71.5 Å². The van der Waals surface area contributed by atoms with E-state index < -0.39 is 0 Å². The summed E-state index contributed by atoms with van der Waals surface area (Å²) in [5.74, 6) is 3.17. The Labute approximate surface area is 190 Å². The van der Waals surface area contributed by atoms with Crippen LogP contribution < -0.4 is 25.0 Å². The lowest BCUT2D eigenvalue weighted by Gasteiger charge is -2.34. The lowest BCUT2D eigenvalue weighted by Crippen LogP contribution is -2.47. The fraction of sp³-hybridized carbons (Fsp3) is 0.522. The highest BCUT2D eigenvalue weighted by molar-refractivity contribution is 5.79. The third-order valence-corrected chi connectivity index (χ3v) is 5.39. The van der Waals surface area contributed by atoms with Crippen LogP contribution in [-0.4, -0.2) is 87.4 Å². The van der Waals surface area contributed by atoms with Gasteiger partial charge in [0, 0.05) is 58.2 Å². The van der Waals surface area contributed by atoms with Gasteiger partial charge in [0.1, 0.15) is 0 Å². The summed E-state index contributed by atoms with van der Waals surface area (Å²) >= 11 is 0. The van der Waals surface area contributed by atoms with Crippen molar-refractivity contribution in [2.45, 2.75) is 13.3 Å². The monoisotopic (exact) mass is 441 g/mol. The second-order valence-electron chi connectivity index (χ2n) is 7.50. The van der Waals surface area contributed by atoms with Crippen LogP contribution >= 0.6 is 0 Å². The Morgan fingerprint density at radius 2 is 1.78 bits per heavy atom. The largest absolute Gasteiger partial charge is 0.493 e. The first kappa shape index (κ1) is 23.6. The van der Waals surface area contributed by atoms with Gasteiger partial charge in [-0.1, -0.05) is 6.07 Å². The van der Waals surface area contributed by atoms with E-state index in [2.05, 4.69) is 43.4 Å². The van der Waals surface area contributed by atoms with Crippen molar-refractivity contribution in [3.8, 4) is 11.5 Å². The zero-order chi connectivity index (χ0) is 22.6. The Hall–Kier alpha value is -3.07. The number of rotatable bonds is 10. The molecular formula is C23H35N7O2. The van der Waals surface area contributed by atoms with Gasteiger partial charge in [0.2, 0.25) is 5.95 Å². The van der Waals surface area contributed by atoms with Crippen molar-refractivity contribution < 1.29 is 9.47 Å². The molecule has 0 spiro atoms. The van der Waals surface area contributed by atoms with Gasteiger partial charge < -0.3 is 25.0 Å². The molecule has 2 N–H and O–H groups in total. The Morgan fingerprint density at radius 1 is 1.03 bits per heavy atom. The van der Waals surface area contributed by atoms with E-state index >= 15 is 0 Å². The maximum Gasteiger partial charge on any atom is 0.225 e. The van der Waals surface area contributed by atoms with Gasteiger partial charge in [0.05, 0.1) is 20.8 Å². The van der Waals surface area contributed by atoms with Crippen molar-refractivity contribution in [1.82, 2.24) is 25.5 Å². The van der Waals surface area contributed by atoms with Gasteiger partial charge in [0.25, 0.3) is 0 Å². The molecule has 174 valence electrons. The van der Waals surface area contributed by atoms with Gasteiger partial charge in [-0.2, -0.15) is 0 Å². The van der Waals surface area contributed by atoms with Crippen molar-refractivity contribution in [1.29, 1.82) is 0 Å². The van der Waals surface area contributed by atoms with Crippen molar-refractivity contribution in [3.63, 3.8) is 0 Å². The maximum absolute atomic E-state index is 5.39. The molecule has 3 rings (SSSR count). The van der Waals surface area contributed by atoms with E-state index in [1.165, 1.54) is 5.56 Å². The summed E-state index contributed by atoms with van der Waals surface area (Å²) in [5.41, 5.74) is 1.19. The molecule has 0 unspecified atom stereocenters. The number of benzene rings is 1. The number of piperazine rings is 1. The van der Waals surface area contributed by atoms with Crippen LogP contribution in [0.15, 0.2) is 41.7 Å². The van der Waals surface area contributed by atoms with Crippen LogP contribution in [0, 0.1) is 0 Å². The first-order valence-electron chi connectivity index (χ1n) is 11.2. The number of aliphatic imine (C=N–C) groups is 1. The second-order valence-corrected chi connectivity index (χ2v) is 7.50. The standard InChI is InChI=1S/C23H35N7O2/c1-4-24-22(25-11-8-19-6-7-20(31-2)21(18-19)32-3)26-12-13-29-14-16-30(17-15-29)23-27-9-5-10-28-23/h5-7,9-10,18H,4,8,11-17H2,1-3H3,(H2,24,25,26).